The molecule has 0 radical (unpaired) electrons. The summed E-state index contributed by atoms with van der Waals surface area (Å²) >= 11 is 0. The summed E-state index contributed by atoms with van der Waals surface area (Å²) in [6.07, 6.45) is 0. The minimum atomic E-state index is -0.509. The van der Waals surface area contributed by atoms with Gasteiger partial charge >= 0.3 is 0 Å². The van der Waals surface area contributed by atoms with E-state index in [0.717, 1.165) is 19.6 Å². The lowest BCUT2D eigenvalue weighted by molar-refractivity contribution is -0.135. The second kappa shape index (κ2) is 4.43. The number of hydrogen-bond donors (Lipinski definition) is 0. The molecule has 1 aliphatic rings. The van der Waals surface area contributed by atoms with Gasteiger partial charge in [0.15, 0.2) is 0 Å². The van der Waals surface area contributed by atoms with Crippen LogP contribution >= 0.6 is 0 Å². The fraction of sp³-hybridized carbons (Fsp3) is 0.800. The Bertz CT molecular complexity index is 259. The Kier molecular flexibility index (Phi) is 3.48. The molecule has 14 heavy (non-hydrogen) atoms. The van der Waals surface area contributed by atoms with E-state index in [2.05, 4.69) is 18.9 Å². The molecule has 2 unspecified atom stereocenters. The molecule has 0 bridgehead atoms. The molecule has 1 fully saturated rings. The molecule has 4 heteroatoms. The highest BCUT2D eigenvalue weighted by molar-refractivity contribution is 5.80. The van der Waals surface area contributed by atoms with Crippen LogP contribution in [0, 0.1) is 17.2 Å². The zero-order valence-corrected chi connectivity index (χ0v) is 9.03. The minimum Gasteiger partial charge on any atom is -0.339 e. The Hall–Kier alpha value is -1.08. The molecular weight excluding hydrogens is 178 g/mol. The summed E-state index contributed by atoms with van der Waals surface area (Å²) in [6, 6.07) is 2.37. The number of likely N-dealkylation sites (N-methyl/N-ethyl adjacent to an activating group) is 1. The first-order valence-electron chi connectivity index (χ1n) is 4.95. The summed E-state index contributed by atoms with van der Waals surface area (Å²) in [5.41, 5.74) is 0. The van der Waals surface area contributed by atoms with Crippen molar-refractivity contribution in [3.63, 3.8) is 0 Å². The highest BCUT2D eigenvalue weighted by atomic mass is 16.2. The van der Waals surface area contributed by atoms with Crippen LogP contribution in [0.5, 0.6) is 0 Å². The molecule has 1 rings (SSSR count). The number of hydrogen-bond acceptors (Lipinski definition) is 3. The normalized spacial score (nSPS) is 25.6. The van der Waals surface area contributed by atoms with Gasteiger partial charge in [0.25, 0.3) is 0 Å². The molecule has 1 saturated heterocycles. The van der Waals surface area contributed by atoms with E-state index in [4.69, 9.17) is 5.26 Å². The van der Waals surface area contributed by atoms with Crippen molar-refractivity contribution in [2.45, 2.75) is 19.9 Å². The quantitative estimate of drug-likeness (QED) is 0.605. The van der Waals surface area contributed by atoms with E-state index < -0.39 is 5.92 Å². The number of nitriles is 1. The summed E-state index contributed by atoms with van der Waals surface area (Å²) in [5.74, 6) is -0.543. The fourth-order valence-corrected chi connectivity index (χ4v) is 1.58. The van der Waals surface area contributed by atoms with Crippen molar-refractivity contribution in [2.75, 3.05) is 26.7 Å². The first-order valence-corrected chi connectivity index (χ1v) is 4.95. The molecule has 0 aliphatic carbocycles. The van der Waals surface area contributed by atoms with Crippen LogP contribution in [0.4, 0.5) is 0 Å². The van der Waals surface area contributed by atoms with Gasteiger partial charge < -0.3 is 9.80 Å². The Morgan fingerprint density at radius 1 is 1.57 bits per heavy atom. The maximum absolute atomic E-state index is 11.7. The Morgan fingerprint density at radius 2 is 2.21 bits per heavy atom. The van der Waals surface area contributed by atoms with Crippen LogP contribution in [0.2, 0.25) is 0 Å². The van der Waals surface area contributed by atoms with Crippen LogP contribution < -0.4 is 0 Å². The Labute approximate surface area is 85.1 Å². The molecular formula is C10H17N3O. The predicted octanol–water partition coefficient (Wildman–Crippen LogP) is 0.309. The third-order valence-electron chi connectivity index (χ3n) is 2.84. The van der Waals surface area contributed by atoms with Gasteiger partial charge in [0, 0.05) is 25.7 Å². The van der Waals surface area contributed by atoms with E-state index in [0.29, 0.717) is 6.04 Å². The average Bonchev–Trinajstić information content (AvgIpc) is 2.20. The van der Waals surface area contributed by atoms with Gasteiger partial charge in [-0.2, -0.15) is 5.26 Å². The van der Waals surface area contributed by atoms with Crippen LogP contribution in [-0.2, 0) is 4.79 Å². The minimum absolute atomic E-state index is 0.0348. The second-order valence-corrected chi connectivity index (χ2v) is 3.96. The van der Waals surface area contributed by atoms with E-state index >= 15 is 0 Å². The molecule has 1 aliphatic heterocycles. The zero-order chi connectivity index (χ0) is 10.7. The van der Waals surface area contributed by atoms with Crippen molar-refractivity contribution in [1.29, 1.82) is 5.26 Å². The van der Waals surface area contributed by atoms with Crippen molar-refractivity contribution in [3.05, 3.63) is 0 Å². The highest BCUT2D eigenvalue weighted by Crippen LogP contribution is 2.10. The maximum atomic E-state index is 11.7. The summed E-state index contributed by atoms with van der Waals surface area (Å²) in [4.78, 5) is 15.7. The molecule has 78 valence electrons. The number of nitrogens with zero attached hydrogens (tertiary/aromatic N) is 3. The lowest BCUT2D eigenvalue weighted by Gasteiger charge is -2.38. The Balaban J connectivity index is 2.55. The largest absolute Gasteiger partial charge is 0.339 e. The monoisotopic (exact) mass is 195 g/mol. The molecule has 0 aromatic heterocycles. The van der Waals surface area contributed by atoms with Gasteiger partial charge in [-0.3, -0.25) is 4.79 Å². The van der Waals surface area contributed by atoms with E-state index in [1.165, 1.54) is 0 Å². The van der Waals surface area contributed by atoms with Gasteiger partial charge in [-0.25, -0.2) is 0 Å². The number of carbonyl (C=O) groups excluding carboxylic acids is 1. The van der Waals surface area contributed by atoms with Crippen molar-refractivity contribution in [2.24, 2.45) is 5.92 Å². The van der Waals surface area contributed by atoms with Gasteiger partial charge in [0.05, 0.1) is 6.07 Å². The molecule has 0 aromatic rings. The van der Waals surface area contributed by atoms with Gasteiger partial charge in [-0.15, -0.1) is 0 Å². The summed E-state index contributed by atoms with van der Waals surface area (Å²) in [5, 5.41) is 8.65. The van der Waals surface area contributed by atoms with Gasteiger partial charge in [-0.05, 0) is 20.9 Å². The molecule has 0 aromatic carbocycles. The standard InChI is InChI=1S/C10H17N3O/c1-8(6-11)10(14)13-5-4-12(3)9(2)7-13/h8-9H,4-5,7H2,1-3H3. The molecule has 0 spiro atoms. The predicted molar refractivity (Wildman–Crippen MR) is 53.4 cm³/mol. The summed E-state index contributed by atoms with van der Waals surface area (Å²) in [6.45, 7) is 6.12. The highest BCUT2D eigenvalue weighted by Gasteiger charge is 2.26. The number of piperazine rings is 1. The van der Waals surface area contributed by atoms with E-state index in [1.807, 2.05) is 6.07 Å². The van der Waals surface area contributed by atoms with E-state index in [9.17, 15) is 4.79 Å². The summed E-state index contributed by atoms with van der Waals surface area (Å²) in [7, 11) is 2.06. The number of carbonyl (C=O) groups is 1. The lowest BCUT2D eigenvalue weighted by Crippen LogP contribution is -2.53. The first kappa shape index (κ1) is 11.0. The third kappa shape index (κ3) is 2.24. The molecule has 0 N–H and O–H groups in total. The average molecular weight is 195 g/mol. The molecule has 1 amide bonds. The van der Waals surface area contributed by atoms with Crippen molar-refractivity contribution >= 4 is 5.91 Å². The lowest BCUT2D eigenvalue weighted by atomic mass is 10.1. The first-order chi connectivity index (χ1) is 6.56. The topological polar surface area (TPSA) is 47.3 Å². The number of amides is 1. The molecule has 2 atom stereocenters. The van der Waals surface area contributed by atoms with Gasteiger partial charge in [0.2, 0.25) is 5.91 Å². The fourth-order valence-electron chi connectivity index (χ4n) is 1.58. The SMILES string of the molecule is CC(C#N)C(=O)N1CCN(C)C(C)C1. The van der Waals surface area contributed by atoms with Gasteiger partial charge in [0.1, 0.15) is 5.92 Å². The van der Waals surface area contributed by atoms with Crippen LogP contribution in [-0.4, -0.2) is 48.4 Å². The van der Waals surface area contributed by atoms with E-state index in [-0.39, 0.29) is 5.91 Å². The maximum Gasteiger partial charge on any atom is 0.239 e. The third-order valence-corrected chi connectivity index (χ3v) is 2.84. The van der Waals surface area contributed by atoms with Crippen LogP contribution in [0.3, 0.4) is 0 Å². The molecule has 1 heterocycles. The van der Waals surface area contributed by atoms with Crippen LogP contribution in [0.1, 0.15) is 13.8 Å². The number of rotatable bonds is 1. The van der Waals surface area contributed by atoms with Crippen molar-refractivity contribution < 1.29 is 4.79 Å². The second-order valence-electron chi connectivity index (χ2n) is 3.96. The van der Waals surface area contributed by atoms with E-state index in [1.54, 1.807) is 11.8 Å². The Morgan fingerprint density at radius 3 is 2.71 bits per heavy atom. The summed E-state index contributed by atoms with van der Waals surface area (Å²) < 4.78 is 0. The van der Waals surface area contributed by atoms with Crippen molar-refractivity contribution in [1.82, 2.24) is 9.80 Å². The molecule has 4 nitrogen and oxygen atoms in total. The van der Waals surface area contributed by atoms with Crippen LogP contribution in [0.25, 0.3) is 0 Å². The van der Waals surface area contributed by atoms with Crippen LogP contribution in [0.15, 0.2) is 0 Å². The van der Waals surface area contributed by atoms with Gasteiger partial charge in [-0.1, -0.05) is 0 Å². The molecule has 0 saturated carbocycles. The smallest absolute Gasteiger partial charge is 0.239 e. The van der Waals surface area contributed by atoms with Crippen molar-refractivity contribution in [3.8, 4) is 6.07 Å². The zero-order valence-electron chi connectivity index (χ0n) is 9.03.